The summed E-state index contributed by atoms with van der Waals surface area (Å²) in [6.45, 7) is 4.17. The molecular weight excluding hydrogens is 244 g/mol. The van der Waals surface area contributed by atoms with Gasteiger partial charge in [-0.25, -0.2) is 9.98 Å². The molecule has 5 nitrogen and oxygen atoms in total. The molecule has 0 saturated heterocycles. The Hall–Kier alpha value is -1.78. The van der Waals surface area contributed by atoms with Crippen LogP contribution in [0.15, 0.2) is 32.8 Å². The molecule has 2 heterocycles. The minimum Gasteiger partial charge on any atom is -0.483 e. The number of hydrogen-bond acceptors (Lipinski definition) is 5. The predicted octanol–water partition coefficient (Wildman–Crippen LogP) is 2.32. The van der Waals surface area contributed by atoms with E-state index in [1.807, 2.05) is 12.1 Å². The Labute approximate surface area is 113 Å². The van der Waals surface area contributed by atoms with Gasteiger partial charge in [-0.15, -0.1) is 0 Å². The van der Waals surface area contributed by atoms with Gasteiger partial charge in [0, 0.05) is 6.42 Å². The third-order valence-electron chi connectivity index (χ3n) is 3.11. The van der Waals surface area contributed by atoms with Crippen molar-refractivity contribution < 1.29 is 13.9 Å². The molecule has 0 radical (unpaired) electrons. The molecule has 0 saturated carbocycles. The largest absolute Gasteiger partial charge is 0.483 e. The third kappa shape index (κ3) is 2.97. The lowest BCUT2D eigenvalue weighted by atomic mass is 10.0. The fraction of sp³-hybridized carbons (Fsp3) is 0.571. The van der Waals surface area contributed by atoms with E-state index in [4.69, 9.17) is 13.9 Å². The van der Waals surface area contributed by atoms with E-state index in [1.165, 1.54) is 0 Å². The van der Waals surface area contributed by atoms with Gasteiger partial charge in [-0.2, -0.15) is 0 Å². The normalized spacial score (nSPS) is 23.0. The Balaban J connectivity index is 2.22. The van der Waals surface area contributed by atoms with Gasteiger partial charge < -0.3 is 13.9 Å². The maximum atomic E-state index is 5.37. The van der Waals surface area contributed by atoms with Gasteiger partial charge in [0.15, 0.2) is 0 Å². The van der Waals surface area contributed by atoms with Crippen molar-refractivity contribution in [3.05, 3.63) is 24.2 Å². The molecule has 0 unspecified atom stereocenters. The maximum absolute atomic E-state index is 5.37. The van der Waals surface area contributed by atoms with E-state index in [2.05, 4.69) is 23.8 Å². The summed E-state index contributed by atoms with van der Waals surface area (Å²) in [5.74, 6) is 2.47. The Morgan fingerprint density at radius 2 is 1.95 bits per heavy atom. The van der Waals surface area contributed by atoms with Crippen LogP contribution in [0.2, 0.25) is 0 Å². The van der Waals surface area contributed by atoms with Crippen LogP contribution < -0.4 is 0 Å². The van der Waals surface area contributed by atoms with Gasteiger partial charge in [-0.05, 0) is 18.1 Å². The predicted molar refractivity (Wildman–Crippen MR) is 73.7 cm³/mol. The number of aliphatic imine (C=N–C) groups is 2. The van der Waals surface area contributed by atoms with Gasteiger partial charge >= 0.3 is 0 Å². The molecule has 0 spiro atoms. The van der Waals surface area contributed by atoms with Gasteiger partial charge in [-0.1, -0.05) is 13.8 Å². The molecule has 2 atom stereocenters. The zero-order valence-corrected chi connectivity index (χ0v) is 11.8. The summed E-state index contributed by atoms with van der Waals surface area (Å²) >= 11 is 0. The molecule has 0 fully saturated rings. The van der Waals surface area contributed by atoms with Crippen molar-refractivity contribution in [2.75, 3.05) is 14.2 Å². The highest BCUT2D eigenvalue weighted by Gasteiger charge is 2.31. The van der Waals surface area contributed by atoms with Gasteiger partial charge in [0.25, 0.3) is 0 Å². The molecule has 1 aromatic rings. The van der Waals surface area contributed by atoms with E-state index < -0.39 is 0 Å². The molecule has 1 aliphatic heterocycles. The van der Waals surface area contributed by atoms with Crippen LogP contribution in [0, 0.1) is 5.92 Å². The number of furan rings is 1. The van der Waals surface area contributed by atoms with Crippen molar-refractivity contribution in [3.8, 4) is 0 Å². The fourth-order valence-electron chi connectivity index (χ4n) is 2.11. The van der Waals surface area contributed by atoms with Crippen LogP contribution in [-0.4, -0.2) is 38.1 Å². The zero-order chi connectivity index (χ0) is 13.8. The molecule has 0 aliphatic carbocycles. The van der Waals surface area contributed by atoms with E-state index in [1.54, 1.807) is 20.5 Å². The van der Waals surface area contributed by atoms with Gasteiger partial charge in [0.2, 0.25) is 11.8 Å². The average molecular weight is 264 g/mol. The molecule has 2 rings (SSSR count). The molecule has 0 bridgehead atoms. The van der Waals surface area contributed by atoms with Crippen molar-refractivity contribution in [2.24, 2.45) is 15.9 Å². The van der Waals surface area contributed by atoms with Gasteiger partial charge in [-0.3, -0.25) is 0 Å². The quantitative estimate of drug-likeness (QED) is 0.841. The summed E-state index contributed by atoms with van der Waals surface area (Å²) in [5.41, 5.74) is 0. The molecule has 5 heteroatoms. The molecule has 104 valence electrons. The molecule has 19 heavy (non-hydrogen) atoms. The highest BCUT2D eigenvalue weighted by atomic mass is 16.5. The second-order valence-electron chi connectivity index (χ2n) is 4.83. The van der Waals surface area contributed by atoms with Crippen LogP contribution in [-0.2, 0) is 15.9 Å². The second-order valence-corrected chi connectivity index (χ2v) is 4.83. The standard InChI is InChI=1S/C14H20N2O3/c1-9(2)12-14(18-4)15-11(13(16-12)17-3)8-10-6-5-7-19-10/h5-7,9,11-12H,8H2,1-4H3/t11-,12+/m0/s1. The first kappa shape index (κ1) is 13.6. The monoisotopic (exact) mass is 264 g/mol. The molecule has 1 aromatic heterocycles. The van der Waals surface area contributed by atoms with Crippen LogP contribution in [0.3, 0.4) is 0 Å². The lowest BCUT2D eigenvalue weighted by Crippen LogP contribution is -2.38. The molecule has 0 N–H and O–H groups in total. The molecule has 0 aromatic carbocycles. The summed E-state index contributed by atoms with van der Waals surface area (Å²) in [6.07, 6.45) is 2.27. The first-order chi connectivity index (χ1) is 9.15. The van der Waals surface area contributed by atoms with Crippen molar-refractivity contribution in [1.82, 2.24) is 0 Å². The highest BCUT2D eigenvalue weighted by molar-refractivity contribution is 5.94. The lowest BCUT2D eigenvalue weighted by molar-refractivity contribution is 0.330. The number of ether oxygens (including phenoxy) is 2. The lowest BCUT2D eigenvalue weighted by Gasteiger charge is -2.26. The maximum Gasteiger partial charge on any atom is 0.209 e. The first-order valence-corrected chi connectivity index (χ1v) is 6.41. The van der Waals surface area contributed by atoms with Crippen molar-refractivity contribution in [3.63, 3.8) is 0 Å². The van der Waals surface area contributed by atoms with Gasteiger partial charge in [0.05, 0.1) is 20.5 Å². The molecule has 1 aliphatic rings. The Bertz CT molecular complexity index is 463. The molecular formula is C14H20N2O3. The topological polar surface area (TPSA) is 56.3 Å². The zero-order valence-electron chi connectivity index (χ0n) is 11.8. The molecule has 0 amide bonds. The van der Waals surface area contributed by atoms with Gasteiger partial charge in [0.1, 0.15) is 17.8 Å². The minimum atomic E-state index is -0.180. The van der Waals surface area contributed by atoms with Crippen LogP contribution in [0.4, 0.5) is 0 Å². The van der Waals surface area contributed by atoms with E-state index >= 15 is 0 Å². The van der Waals surface area contributed by atoms with Crippen molar-refractivity contribution in [2.45, 2.75) is 32.4 Å². The summed E-state index contributed by atoms with van der Waals surface area (Å²) in [4.78, 5) is 9.22. The number of methoxy groups -OCH3 is 2. The van der Waals surface area contributed by atoms with E-state index in [0.29, 0.717) is 24.1 Å². The SMILES string of the molecule is COC1=N[C@H](C(C)C)C(OC)=N[C@H]1Cc1ccco1. The van der Waals surface area contributed by atoms with Crippen LogP contribution in [0.1, 0.15) is 19.6 Å². The average Bonchev–Trinajstić information content (AvgIpc) is 2.90. The number of rotatable bonds is 3. The Kier molecular flexibility index (Phi) is 4.24. The van der Waals surface area contributed by atoms with E-state index in [9.17, 15) is 0 Å². The fourth-order valence-corrected chi connectivity index (χ4v) is 2.11. The third-order valence-corrected chi connectivity index (χ3v) is 3.11. The van der Waals surface area contributed by atoms with E-state index in [-0.39, 0.29) is 12.1 Å². The Morgan fingerprint density at radius 1 is 1.21 bits per heavy atom. The van der Waals surface area contributed by atoms with Crippen LogP contribution in [0.5, 0.6) is 0 Å². The highest BCUT2D eigenvalue weighted by Crippen LogP contribution is 2.19. The number of nitrogens with zero attached hydrogens (tertiary/aromatic N) is 2. The smallest absolute Gasteiger partial charge is 0.209 e. The first-order valence-electron chi connectivity index (χ1n) is 6.41. The number of hydrogen-bond donors (Lipinski definition) is 0. The van der Waals surface area contributed by atoms with Crippen LogP contribution >= 0.6 is 0 Å². The Morgan fingerprint density at radius 3 is 2.47 bits per heavy atom. The minimum absolute atomic E-state index is 0.0761. The second kappa shape index (κ2) is 5.91. The van der Waals surface area contributed by atoms with E-state index in [0.717, 1.165) is 5.76 Å². The van der Waals surface area contributed by atoms with Crippen molar-refractivity contribution >= 4 is 11.8 Å². The summed E-state index contributed by atoms with van der Waals surface area (Å²) < 4.78 is 16.1. The van der Waals surface area contributed by atoms with Crippen LogP contribution in [0.25, 0.3) is 0 Å². The summed E-state index contributed by atoms with van der Waals surface area (Å²) in [6, 6.07) is 3.53. The summed E-state index contributed by atoms with van der Waals surface area (Å²) in [5, 5.41) is 0. The summed E-state index contributed by atoms with van der Waals surface area (Å²) in [7, 11) is 3.25. The van der Waals surface area contributed by atoms with Crippen molar-refractivity contribution in [1.29, 1.82) is 0 Å².